The summed E-state index contributed by atoms with van der Waals surface area (Å²) in [5.74, 6) is 0.398. The Morgan fingerprint density at radius 3 is 2.95 bits per heavy atom. The molecule has 0 spiro atoms. The normalized spacial score (nSPS) is 10.3. The molecule has 2 N–H and O–H groups in total. The van der Waals surface area contributed by atoms with E-state index in [1.807, 2.05) is 18.4 Å². The van der Waals surface area contributed by atoms with Crippen molar-refractivity contribution in [1.29, 1.82) is 0 Å². The molecule has 20 heavy (non-hydrogen) atoms. The predicted octanol–water partition coefficient (Wildman–Crippen LogP) is 3.92. The maximum absolute atomic E-state index is 12.0. The summed E-state index contributed by atoms with van der Waals surface area (Å²) in [6.45, 7) is 3.16. The van der Waals surface area contributed by atoms with Gasteiger partial charge in [0.1, 0.15) is 5.82 Å². The van der Waals surface area contributed by atoms with Gasteiger partial charge in [-0.05, 0) is 40.4 Å². The van der Waals surface area contributed by atoms with Gasteiger partial charge < -0.3 is 10.6 Å². The van der Waals surface area contributed by atoms with Gasteiger partial charge in [0.05, 0.1) is 17.1 Å². The van der Waals surface area contributed by atoms with Gasteiger partial charge in [0.2, 0.25) is 0 Å². The van der Waals surface area contributed by atoms with Gasteiger partial charge in [-0.25, -0.2) is 4.98 Å². The monoisotopic (exact) mass is 373 g/mol. The molecule has 4 nitrogen and oxygen atoms in total. The van der Waals surface area contributed by atoms with Crippen molar-refractivity contribution in [1.82, 2.24) is 10.3 Å². The minimum absolute atomic E-state index is 0.192. The molecule has 0 saturated heterocycles. The van der Waals surface area contributed by atoms with Crippen LogP contribution in [0.3, 0.4) is 0 Å². The second kappa shape index (κ2) is 7.06. The molecule has 0 aromatic carbocycles. The number of amides is 1. The number of nitrogens with zero attached hydrogens (tertiary/aromatic N) is 1. The zero-order chi connectivity index (χ0) is 14.5. The molecule has 0 atom stereocenters. The largest absolute Gasteiger partial charge is 0.369 e. The zero-order valence-electron chi connectivity index (χ0n) is 10.7. The highest BCUT2D eigenvalue weighted by atomic mass is 79.9. The lowest BCUT2D eigenvalue weighted by atomic mass is 10.2. The van der Waals surface area contributed by atoms with Crippen molar-refractivity contribution in [3.05, 3.63) is 43.6 Å². The third-order valence-corrected chi connectivity index (χ3v) is 4.76. The fourth-order valence-corrected chi connectivity index (χ4v) is 3.24. The molecule has 0 unspecified atom stereocenters. The summed E-state index contributed by atoms with van der Waals surface area (Å²) in [4.78, 5) is 17.2. The van der Waals surface area contributed by atoms with Crippen molar-refractivity contribution in [3.63, 3.8) is 0 Å². The van der Waals surface area contributed by atoms with Crippen LogP contribution in [0, 0.1) is 0 Å². The van der Waals surface area contributed by atoms with Crippen LogP contribution in [0.1, 0.15) is 22.2 Å². The van der Waals surface area contributed by atoms with Crippen LogP contribution in [0.15, 0.2) is 28.2 Å². The number of aromatic nitrogens is 1. The first kappa shape index (κ1) is 15.3. The molecule has 1 amide bonds. The van der Waals surface area contributed by atoms with E-state index in [1.165, 1.54) is 6.20 Å². The molecule has 106 valence electrons. The predicted molar refractivity (Wildman–Crippen MR) is 86.6 cm³/mol. The third kappa shape index (κ3) is 3.71. The van der Waals surface area contributed by atoms with E-state index in [0.717, 1.165) is 15.9 Å². The van der Waals surface area contributed by atoms with Crippen LogP contribution in [0.5, 0.6) is 0 Å². The number of thiophene rings is 1. The molecular weight excluding hydrogens is 362 g/mol. The Labute approximate surface area is 134 Å². The molecule has 0 aliphatic heterocycles. The molecule has 0 fully saturated rings. The Kier molecular flexibility index (Phi) is 5.39. The number of pyridine rings is 1. The van der Waals surface area contributed by atoms with Gasteiger partial charge >= 0.3 is 0 Å². The minimum atomic E-state index is -0.192. The average Bonchev–Trinajstić information content (AvgIpc) is 2.84. The van der Waals surface area contributed by atoms with E-state index in [1.54, 1.807) is 17.4 Å². The highest BCUT2D eigenvalue weighted by Gasteiger charge is 2.10. The van der Waals surface area contributed by atoms with E-state index >= 15 is 0 Å². The van der Waals surface area contributed by atoms with Crippen molar-refractivity contribution in [3.8, 4) is 0 Å². The molecule has 7 heteroatoms. The summed E-state index contributed by atoms with van der Waals surface area (Å²) in [6.07, 6.45) is 1.52. The van der Waals surface area contributed by atoms with Crippen LogP contribution in [0.25, 0.3) is 0 Å². The number of halogens is 2. The number of nitrogens with one attached hydrogen (secondary N) is 2. The van der Waals surface area contributed by atoms with Crippen LogP contribution in [-0.4, -0.2) is 17.4 Å². The minimum Gasteiger partial charge on any atom is -0.369 e. The lowest BCUT2D eigenvalue weighted by Gasteiger charge is -2.08. The van der Waals surface area contributed by atoms with E-state index in [9.17, 15) is 4.79 Å². The molecule has 2 heterocycles. The summed E-state index contributed by atoms with van der Waals surface area (Å²) < 4.78 is 1.00. The highest BCUT2D eigenvalue weighted by molar-refractivity contribution is 9.10. The topological polar surface area (TPSA) is 54.0 Å². The molecule has 2 rings (SSSR count). The number of carbonyl (C=O) groups excluding carboxylic acids is 1. The smallest absolute Gasteiger partial charge is 0.253 e. The Bertz CT molecular complexity index is 617. The van der Waals surface area contributed by atoms with Gasteiger partial charge in [-0.3, -0.25) is 4.79 Å². The lowest BCUT2D eigenvalue weighted by molar-refractivity contribution is 0.0951. The first-order valence-electron chi connectivity index (χ1n) is 6.01. The molecule has 0 aliphatic rings. The van der Waals surface area contributed by atoms with Crippen LogP contribution >= 0.6 is 38.9 Å². The van der Waals surface area contributed by atoms with Crippen molar-refractivity contribution in [2.45, 2.75) is 13.5 Å². The first-order valence-corrected chi connectivity index (χ1v) is 8.06. The van der Waals surface area contributed by atoms with Gasteiger partial charge in [-0.15, -0.1) is 11.3 Å². The fourth-order valence-electron chi connectivity index (χ4n) is 1.57. The summed E-state index contributed by atoms with van der Waals surface area (Å²) in [5.41, 5.74) is 0.448. The van der Waals surface area contributed by atoms with Gasteiger partial charge in [-0.2, -0.15) is 0 Å². The summed E-state index contributed by atoms with van der Waals surface area (Å²) in [7, 11) is 0. The number of rotatable bonds is 5. The summed E-state index contributed by atoms with van der Waals surface area (Å²) in [6, 6.07) is 3.57. The highest BCUT2D eigenvalue weighted by Crippen LogP contribution is 2.23. The SMILES string of the molecule is CCNc1ncc(C(=O)NCc2sccc2Br)cc1Cl. The maximum atomic E-state index is 12.0. The van der Waals surface area contributed by atoms with E-state index in [-0.39, 0.29) is 5.91 Å². The molecule has 0 aliphatic carbocycles. The van der Waals surface area contributed by atoms with Crippen molar-refractivity contribution in [2.75, 3.05) is 11.9 Å². The Morgan fingerprint density at radius 2 is 2.35 bits per heavy atom. The molecule has 0 bridgehead atoms. The quantitative estimate of drug-likeness (QED) is 0.834. The molecule has 2 aromatic rings. The Morgan fingerprint density at radius 1 is 1.55 bits per heavy atom. The van der Waals surface area contributed by atoms with Crippen molar-refractivity contribution in [2.24, 2.45) is 0 Å². The first-order chi connectivity index (χ1) is 9.61. The third-order valence-electron chi connectivity index (χ3n) is 2.55. The Hall–Kier alpha value is -1.11. The number of hydrogen-bond acceptors (Lipinski definition) is 4. The van der Waals surface area contributed by atoms with Crippen LogP contribution < -0.4 is 10.6 Å². The van der Waals surface area contributed by atoms with E-state index in [4.69, 9.17) is 11.6 Å². The Balaban J connectivity index is 2.02. The van der Waals surface area contributed by atoms with Gasteiger partial charge in [0, 0.05) is 22.1 Å². The second-order valence-electron chi connectivity index (χ2n) is 3.96. The number of carbonyl (C=O) groups is 1. The lowest BCUT2D eigenvalue weighted by Crippen LogP contribution is -2.22. The molecular formula is C13H13BrClN3OS. The maximum Gasteiger partial charge on any atom is 0.253 e. The zero-order valence-corrected chi connectivity index (χ0v) is 13.9. The number of anilines is 1. The molecule has 0 saturated carbocycles. The van der Waals surface area contributed by atoms with E-state index in [0.29, 0.717) is 22.9 Å². The van der Waals surface area contributed by atoms with Gasteiger partial charge in [-0.1, -0.05) is 11.6 Å². The van der Waals surface area contributed by atoms with Crippen molar-refractivity contribution >= 4 is 50.6 Å². The van der Waals surface area contributed by atoms with Crippen LogP contribution in [0.4, 0.5) is 5.82 Å². The van der Waals surface area contributed by atoms with Gasteiger partial charge in [0.15, 0.2) is 0 Å². The van der Waals surface area contributed by atoms with Crippen molar-refractivity contribution < 1.29 is 4.79 Å². The average molecular weight is 375 g/mol. The molecule has 2 aromatic heterocycles. The summed E-state index contributed by atoms with van der Waals surface area (Å²) in [5, 5.41) is 8.28. The van der Waals surface area contributed by atoms with Crippen LogP contribution in [-0.2, 0) is 6.54 Å². The van der Waals surface area contributed by atoms with Gasteiger partial charge in [0.25, 0.3) is 5.91 Å². The number of hydrogen-bond donors (Lipinski definition) is 2. The van der Waals surface area contributed by atoms with E-state index in [2.05, 4.69) is 31.5 Å². The summed E-state index contributed by atoms with van der Waals surface area (Å²) >= 11 is 11.1. The second-order valence-corrected chi connectivity index (χ2v) is 6.22. The fraction of sp³-hybridized carbons (Fsp3) is 0.231. The molecule has 0 radical (unpaired) electrons. The van der Waals surface area contributed by atoms with Crippen LogP contribution in [0.2, 0.25) is 5.02 Å². The van der Waals surface area contributed by atoms with E-state index < -0.39 is 0 Å². The standard InChI is InChI=1S/C13H13BrClN3OS/c1-2-16-12-10(15)5-8(6-17-12)13(19)18-7-11-9(14)3-4-20-11/h3-6H,2,7H2,1H3,(H,16,17)(H,18,19).